The number of nitrogens with zero attached hydrogens (tertiary/aromatic N) is 2. The molecule has 2 aromatic rings. The van der Waals surface area contributed by atoms with E-state index in [4.69, 9.17) is 11.6 Å². The first kappa shape index (κ1) is 11.9. The van der Waals surface area contributed by atoms with Crippen molar-refractivity contribution < 1.29 is 4.79 Å². The van der Waals surface area contributed by atoms with Crippen LogP contribution in [0, 0.1) is 0 Å². The number of halogens is 2. The maximum atomic E-state index is 11.8. The molecule has 2 heterocycles. The predicted molar refractivity (Wildman–Crippen MR) is 73.9 cm³/mol. The third kappa shape index (κ3) is 1.89. The summed E-state index contributed by atoms with van der Waals surface area (Å²) in [5.74, 6) is 0.158. The largest absolute Gasteiger partial charge is 0.292 e. The van der Waals surface area contributed by atoms with Gasteiger partial charge in [0.05, 0.1) is 10.7 Å². The van der Waals surface area contributed by atoms with Gasteiger partial charge in [-0.1, -0.05) is 23.7 Å². The number of hydrogen-bond acceptors (Lipinski definition) is 2. The van der Waals surface area contributed by atoms with E-state index in [1.165, 1.54) is 0 Å². The van der Waals surface area contributed by atoms with Crippen molar-refractivity contribution in [2.45, 2.75) is 19.4 Å². The topological polar surface area (TPSA) is 34.9 Å². The molecular formula is C13H10BrClN2O. The van der Waals surface area contributed by atoms with E-state index in [2.05, 4.69) is 21.0 Å². The van der Waals surface area contributed by atoms with Crippen molar-refractivity contribution in [1.82, 2.24) is 9.78 Å². The summed E-state index contributed by atoms with van der Waals surface area (Å²) >= 11 is 9.64. The van der Waals surface area contributed by atoms with Crippen LogP contribution in [-0.4, -0.2) is 15.6 Å². The number of hydrogen-bond donors (Lipinski definition) is 0. The van der Waals surface area contributed by atoms with Crippen molar-refractivity contribution >= 4 is 33.3 Å². The van der Waals surface area contributed by atoms with Gasteiger partial charge in [-0.15, -0.1) is 0 Å². The van der Waals surface area contributed by atoms with Gasteiger partial charge in [0.2, 0.25) is 0 Å². The number of aromatic nitrogens is 2. The van der Waals surface area contributed by atoms with E-state index >= 15 is 0 Å². The van der Waals surface area contributed by atoms with Crippen LogP contribution in [0.25, 0.3) is 11.3 Å². The minimum Gasteiger partial charge on any atom is -0.292 e. The molecule has 1 aliphatic heterocycles. The maximum Gasteiger partial charge on any atom is 0.180 e. The number of Topliss-reactive ketones (excluding diaryl/α,β-unsaturated/α-hetero) is 1. The fraction of sp³-hybridized carbons (Fsp3) is 0.231. The van der Waals surface area contributed by atoms with E-state index in [9.17, 15) is 4.79 Å². The fourth-order valence-electron chi connectivity index (χ4n) is 2.16. The molecule has 0 amide bonds. The number of carbonyl (C=O) groups is 1. The molecule has 0 N–H and O–H groups in total. The Morgan fingerprint density at radius 3 is 3.00 bits per heavy atom. The van der Waals surface area contributed by atoms with Crippen molar-refractivity contribution in [3.63, 3.8) is 0 Å². The molecule has 0 saturated heterocycles. The number of ketones is 1. The molecule has 0 spiro atoms. The number of carbonyl (C=O) groups excluding carboxylic acids is 1. The van der Waals surface area contributed by atoms with Crippen LogP contribution in [0.1, 0.15) is 23.3 Å². The molecule has 92 valence electrons. The summed E-state index contributed by atoms with van der Waals surface area (Å²) in [5, 5.41) is 5.09. The van der Waals surface area contributed by atoms with Crippen molar-refractivity contribution in [1.29, 1.82) is 0 Å². The maximum absolute atomic E-state index is 11.8. The van der Waals surface area contributed by atoms with E-state index in [1.807, 2.05) is 24.3 Å². The van der Waals surface area contributed by atoms with Crippen LogP contribution in [-0.2, 0) is 6.54 Å². The predicted octanol–water partition coefficient (Wildman–Crippen LogP) is 3.94. The first-order chi connectivity index (χ1) is 8.66. The highest BCUT2D eigenvalue weighted by Gasteiger charge is 2.21. The average Bonchev–Trinajstić information content (AvgIpc) is 2.78. The third-order valence-electron chi connectivity index (χ3n) is 3.07. The van der Waals surface area contributed by atoms with Gasteiger partial charge in [0.15, 0.2) is 5.78 Å². The summed E-state index contributed by atoms with van der Waals surface area (Å²) in [6.45, 7) is 0.798. The van der Waals surface area contributed by atoms with Crippen LogP contribution in [0.5, 0.6) is 0 Å². The molecule has 3 rings (SSSR count). The minimum atomic E-state index is 0.158. The normalized spacial score (nSPS) is 14.7. The molecular weight excluding hydrogens is 316 g/mol. The van der Waals surface area contributed by atoms with Crippen molar-refractivity contribution in [2.75, 3.05) is 0 Å². The smallest absolute Gasteiger partial charge is 0.180 e. The Morgan fingerprint density at radius 1 is 1.39 bits per heavy atom. The van der Waals surface area contributed by atoms with Crippen molar-refractivity contribution in [2.24, 2.45) is 0 Å². The van der Waals surface area contributed by atoms with Crippen LogP contribution in [0.15, 0.2) is 28.7 Å². The Hall–Kier alpha value is -1.13. The zero-order chi connectivity index (χ0) is 12.7. The van der Waals surface area contributed by atoms with Gasteiger partial charge in [0.1, 0.15) is 5.69 Å². The van der Waals surface area contributed by atoms with Gasteiger partial charge >= 0.3 is 0 Å². The zero-order valence-corrected chi connectivity index (χ0v) is 11.8. The van der Waals surface area contributed by atoms with Crippen LogP contribution >= 0.6 is 27.5 Å². The summed E-state index contributed by atoms with van der Waals surface area (Å²) in [6, 6.07) is 7.53. The van der Waals surface area contributed by atoms with Crippen molar-refractivity contribution in [3.8, 4) is 11.3 Å². The van der Waals surface area contributed by atoms with Gasteiger partial charge in [-0.3, -0.25) is 9.48 Å². The van der Waals surface area contributed by atoms with Crippen LogP contribution in [0.2, 0.25) is 5.02 Å². The monoisotopic (exact) mass is 324 g/mol. The van der Waals surface area contributed by atoms with Gasteiger partial charge in [-0.2, -0.15) is 5.10 Å². The second kappa shape index (κ2) is 4.52. The molecule has 1 aromatic heterocycles. The molecule has 0 unspecified atom stereocenters. The minimum absolute atomic E-state index is 0.158. The second-order valence-corrected chi connectivity index (χ2v) is 5.50. The van der Waals surface area contributed by atoms with E-state index < -0.39 is 0 Å². The Kier molecular flexibility index (Phi) is 2.99. The molecule has 0 saturated carbocycles. The first-order valence-corrected chi connectivity index (χ1v) is 6.89. The van der Waals surface area contributed by atoms with Gasteiger partial charge in [-0.05, 0) is 34.5 Å². The molecule has 0 atom stereocenters. The van der Waals surface area contributed by atoms with Crippen LogP contribution < -0.4 is 0 Å². The molecule has 0 aliphatic carbocycles. The molecule has 1 aromatic carbocycles. The Labute approximate surface area is 118 Å². The summed E-state index contributed by atoms with van der Waals surface area (Å²) in [7, 11) is 0. The van der Waals surface area contributed by atoms with Crippen LogP contribution in [0.4, 0.5) is 0 Å². The van der Waals surface area contributed by atoms with Gasteiger partial charge < -0.3 is 0 Å². The zero-order valence-electron chi connectivity index (χ0n) is 9.49. The molecule has 3 nitrogen and oxygen atoms in total. The van der Waals surface area contributed by atoms with E-state index in [0.717, 1.165) is 28.7 Å². The first-order valence-electron chi connectivity index (χ1n) is 5.72. The Morgan fingerprint density at radius 2 is 2.22 bits per heavy atom. The van der Waals surface area contributed by atoms with Gasteiger partial charge in [-0.25, -0.2) is 0 Å². The second-order valence-electron chi connectivity index (χ2n) is 4.27. The van der Waals surface area contributed by atoms with Gasteiger partial charge in [0.25, 0.3) is 0 Å². The van der Waals surface area contributed by atoms with E-state index in [1.54, 1.807) is 4.68 Å². The molecule has 5 heteroatoms. The number of rotatable bonds is 1. The number of benzene rings is 1. The SMILES string of the molecule is O=C1CCCn2nc(-c3cccc(Br)c3Cl)cc21. The van der Waals surface area contributed by atoms with E-state index in [0.29, 0.717) is 17.1 Å². The summed E-state index contributed by atoms with van der Waals surface area (Å²) < 4.78 is 2.61. The summed E-state index contributed by atoms with van der Waals surface area (Å²) in [6.07, 6.45) is 1.47. The lowest BCUT2D eigenvalue weighted by Gasteiger charge is -2.10. The molecule has 18 heavy (non-hydrogen) atoms. The lowest BCUT2D eigenvalue weighted by molar-refractivity contribution is 0.0951. The highest BCUT2D eigenvalue weighted by atomic mass is 79.9. The molecule has 1 aliphatic rings. The fourth-order valence-corrected chi connectivity index (χ4v) is 2.75. The van der Waals surface area contributed by atoms with Crippen LogP contribution in [0.3, 0.4) is 0 Å². The van der Waals surface area contributed by atoms with Gasteiger partial charge in [0, 0.05) is 23.0 Å². The molecule has 0 radical (unpaired) electrons. The Bertz CT molecular complexity index is 636. The lowest BCUT2D eigenvalue weighted by atomic mass is 10.1. The number of aryl methyl sites for hydroxylation is 1. The number of fused-ring (bicyclic) bond motifs is 1. The summed E-state index contributed by atoms with van der Waals surface area (Å²) in [5.41, 5.74) is 2.29. The summed E-state index contributed by atoms with van der Waals surface area (Å²) in [4.78, 5) is 11.8. The van der Waals surface area contributed by atoms with Crippen molar-refractivity contribution in [3.05, 3.63) is 39.5 Å². The average molecular weight is 326 g/mol. The highest BCUT2D eigenvalue weighted by molar-refractivity contribution is 9.10. The highest BCUT2D eigenvalue weighted by Crippen LogP contribution is 2.33. The standard InChI is InChI=1S/C13H10BrClN2O/c14-9-4-1-3-8(13(9)15)10-7-11-12(18)5-2-6-17(11)16-10/h1,3-4,7H,2,5-6H2. The quantitative estimate of drug-likeness (QED) is 0.796. The lowest BCUT2D eigenvalue weighted by Crippen LogP contribution is -2.16. The van der Waals surface area contributed by atoms with E-state index in [-0.39, 0.29) is 5.78 Å². The third-order valence-corrected chi connectivity index (χ3v) is 4.36. The molecule has 0 fully saturated rings. The molecule has 0 bridgehead atoms. The Balaban J connectivity index is 2.13.